The van der Waals surface area contributed by atoms with Crippen molar-refractivity contribution < 1.29 is 9.59 Å². The third-order valence-corrected chi connectivity index (χ3v) is 3.53. The summed E-state index contributed by atoms with van der Waals surface area (Å²) in [7, 11) is 0. The van der Waals surface area contributed by atoms with Gasteiger partial charge in [-0.25, -0.2) is 0 Å². The van der Waals surface area contributed by atoms with Crippen molar-refractivity contribution in [2.45, 2.75) is 6.54 Å². The molecule has 0 spiro atoms. The van der Waals surface area contributed by atoms with Gasteiger partial charge in [-0.05, 0) is 34.5 Å². The second-order valence-electron chi connectivity index (χ2n) is 3.87. The number of carbonyl (C=O) groups excluding carboxylic acids is 2. The number of thiophene rings is 1. The molecule has 2 aromatic rings. The highest BCUT2D eigenvalue weighted by Gasteiger charge is 2.34. The third-order valence-electron chi connectivity index (χ3n) is 2.80. The number of fused-ring (bicyclic) bond motifs is 1. The highest BCUT2D eigenvalue weighted by Crippen LogP contribution is 2.24. The van der Waals surface area contributed by atoms with Crippen LogP contribution in [0.15, 0.2) is 41.1 Å². The molecular weight excluding hydrogens is 234 g/mol. The molecule has 0 N–H and O–H groups in total. The van der Waals surface area contributed by atoms with Crippen LogP contribution < -0.4 is 0 Å². The summed E-state index contributed by atoms with van der Waals surface area (Å²) in [6.45, 7) is 0.357. The first-order chi connectivity index (χ1) is 8.27. The van der Waals surface area contributed by atoms with E-state index in [9.17, 15) is 9.59 Å². The number of amides is 2. The van der Waals surface area contributed by atoms with Gasteiger partial charge in [-0.1, -0.05) is 12.1 Å². The predicted molar refractivity (Wildman–Crippen MR) is 65.0 cm³/mol. The SMILES string of the molecule is O=C1c2ccccc2C(=O)N1Cc1ccsc1. The molecule has 1 aliphatic heterocycles. The van der Waals surface area contributed by atoms with E-state index in [0.29, 0.717) is 17.7 Å². The maximum atomic E-state index is 12.0. The Morgan fingerprint density at radius 3 is 2.18 bits per heavy atom. The fourth-order valence-electron chi connectivity index (χ4n) is 1.95. The van der Waals surface area contributed by atoms with Crippen molar-refractivity contribution in [1.29, 1.82) is 0 Å². The van der Waals surface area contributed by atoms with Crippen LogP contribution in [0.4, 0.5) is 0 Å². The molecule has 4 heteroatoms. The first-order valence-electron chi connectivity index (χ1n) is 5.23. The van der Waals surface area contributed by atoms with Gasteiger partial charge < -0.3 is 0 Å². The second kappa shape index (κ2) is 3.82. The van der Waals surface area contributed by atoms with Crippen LogP contribution in [0.1, 0.15) is 26.3 Å². The fourth-order valence-corrected chi connectivity index (χ4v) is 2.61. The van der Waals surface area contributed by atoms with E-state index in [2.05, 4.69) is 0 Å². The van der Waals surface area contributed by atoms with Gasteiger partial charge in [0.05, 0.1) is 17.7 Å². The molecule has 0 saturated heterocycles. The van der Waals surface area contributed by atoms with E-state index in [1.807, 2.05) is 16.8 Å². The summed E-state index contributed by atoms with van der Waals surface area (Å²) in [6.07, 6.45) is 0. The molecule has 1 aromatic heterocycles. The fraction of sp³-hybridized carbons (Fsp3) is 0.0769. The van der Waals surface area contributed by atoms with Gasteiger partial charge in [0, 0.05) is 0 Å². The molecule has 0 saturated carbocycles. The smallest absolute Gasteiger partial charge is 0.261 e. The second-order valence-corrected chi connectivity index (χ2v) is 4.65. The van der Waals surface area contributed by atoms with Gasteiger partial charge in [0.15, 0.2) is 0 Å². The topological polar surface area (TPSA) is 37.4 Å². The molecule has 3 nitrogen and oxygen atoms in total. The molecule has 0 unspecified atom stereocenters. The van der Waals surface area contributed by atoms with Gasteiger partial charge in [-0.2, -0.15) is 11.3 Å². The Morgan fingerprint density at radius 2 is 1.65 bits per heavy atom. The van der Waals surface area contributed by atoms with Crippen LogP contribution in [0, 0.1) is 0 Å². The van der Waals surface area contributed by atoms with E-state index >= 15 is 0 Å². The zero-order valence-electron chi connectivity index (χ0n) is 8.92. The molecule has 2 amide bonds. The molecule has 0 aliphatic carbocycles. The largest absolute Gasteiger partial charge is 0.270 e. The third kappa shape index (κ3) is 1.57. The molecule has 0 atom stereocenters. The van der Waals surface area contributed by atoms with Gasteiger partial charge in [0.2, 0.25) is 0 Å². The molecule has 84 valence electrons. The van der Waals surface area contributed by atoms with E-state index in [0.717, 1.165) is 5.56 Å². The summed E-state index contributed by atoms with van der Waals surface area (Å²) in [5, 5.41) is 3.89. The number of benzene rings is 1. The highest BCUT2D eigenvalue weighted by molar-refractivity contribution is 7.07. The molecule has 0 radical (unpaired) electrons. The van der Waals surface area contributed by atoms with Crippen molar-refractivity contribution >= 4 is 23.2 Å². The first-order valence-corrected chi connectivity index (χ1v) is 6.18. The lowest BCUT2D eigenvalue weighted by Crippen LogP contribution is -2.28. The standard InChI is InChI=1S/C13H9NO2S/c15-12-10-3-1-2-4-11(10)13(16)14(12)7-9-5-6-17-8-9/h1-6,8H,7H2. The Morgan fingerprint density at radius 1 is 1.00 bits per heavy atom. The zero-order valence-corrected chi connectivity index (χ0v) is 9.74. The molecular formula is C13H9NO2S. The average molecular weight is 243 g/mol. The Kier molecular flexibility index (Phi) is 2.30. The predicted octanol–water partition coefficient (Wildman–Crippen LogP) is 2.54. The van der Waals surface area contributed by atoms with Crippen molar-refractivity contribution in [3.63, 3.8) is 0 Å². The van der Waals surface area contributed by atoms with Crippen LogP contribution in [0.2, 0.25) is 0 Å². The Balaban J connectivity index is 1.95. The van der Waals surface area contributed by atoms with Crippen LogP contribution >= 0.6 is 11.3 Å². The van der Waals surface area contributed by atoms with Crippen molar-refractivity contribution in [3.8, 4) is 0 Å². The lowest BCUT2D eigenvalue weighted by atomic mass is 10.1. The highest BCUT2D eigenvalue weighted by atomic mass is 32.1. The maximum absolute atomic E-state index is 12.0. The van der Waals surface area contributed by atoms with Crippen molar-refractivity contribution in [2.24, 2.45) is 0 Å². The summed E-state index contributed by atoms with van der Waals surface area (Å²) in [5.41, 5.74) is 2.00. The van der Waals surface area contributed by atoms with Gasteiger partial charge in [-0.3, -0.25) is 14.5 Å². The summed E-state index contributed by atoms with van der Waals surface area (Å²) in [5.74, 6) is -0.395. The number of carbonyl (C=O) groups is 2. The van der Waals surface area contributed by atoms with Gasteiger partial charge in [0.25, 0.3) is 11.8 Å². The Bertz CT molecular complexity index is 554. The molecule has 17 heavy (non-hydrogen) atoms. The molecule has 0 bridgehead atoms. The van der Waals surface area contributed by atoms with E-state index in [4.69, 9.17) is 0 Å². The van der Waals surface area contributed by atoms with Crippen molar-refractivity contribution in [1.82, 2.24) is 4.90 Å². The van der Waals surface area contributed by atoms with Crippen molar-refractivity contribution in [2.75, 3.05) is 0 Å². The van der Waals surface area contributed by atoms with Gasteiger partial charge >= 0.3 is 0 Å². The van der Waals surface area contributed by atoms with E-state index in [-0.39, 0.29) is 11.8 Å². The minimum atomic E-state index is -0.197. The Labute approximate surface area is 102 Å². The number of hydrogen-bond donors (Lipinski definition) is 0. The summed E-state index contributed by atoms with van der Waals surface area (Å²) in [4.78, 5) is 25.4. The lowest BCUT2D eigenvalue weighted by Gasteiger charge is -2.12. The normalized spacial score (nSPS) is 14.2. The molecule has 0 fully saturated rings. The summed E-state index contributed by atoms with van der Waals surface area (Å²) >= 11 is 1.56. The summed E-state index contributed by atoms with van der Waals surface area (Å²) in [6, 6.07) is 8.87. The van der Waals surface area contributed by atoms with Gasteiger partial charge in [0.1, 0.15) is 0 Å². The van der Waals surface area contributed by atoms with Crippen LogP contribution in [0.25, 0.3) is 0 Å². The average Bonchev–Trinajstić information content (AvgIpc) is 2.94. The quantitative estimate of drug-likeness (QED) is 0.760. The first kappa shape index (κ1) is 10.2. The monoisotopic (exact) mass is 243 g/mol. The molecule has 1 aliphatic rings. The van der Waals surface area contributed by atoms with E-state index in [1.165, 1.54) is 4.90 Å². The lowest BCUT2D eigenvalue weighted by molar-refractivity contribution is 0.0642. The van der Waals surface area contributed by atoms with Crippen LogP contribution in [-0.2, 0) is 6.54 Å². The summed E-state index contributed by atoms with van der Waals surface area (Å²) < 4.78 is 0. The Hall–Kier alpha value is -1.94. The number of rotatable bonds is 2. The van der Waals surface area contributed by atoms with E-state index in [1.54, 1.807) is 35.6 Å². The van der Waals surface area contributed by atoms with Crippen LogP contribution in [-0.4, -0.2) is 16.7 Å². The molecule has 1 aromatic carbocycles. The number of nitrogens with zero attached hydrogens (tertiary/aromatic N) is 1. The minimum Gasteiger partial charge on any atom is -0.270 e. The minimum absolute atomic E-state index is 0.197. The van der Waals surface area contributed by atoms with Crippen LogP contribution in [0.3, 0.4) is 0 Å². The zero-order chi connectivity index (χ0) is 11.8. The molecule has 2 heterocycles. The maximum Gasteiger partial charge on any atom is 0.261 e. The van der Waals surface area contributed by atoms with Crippen molar-refractivity contribution in [3.05, 3.63) is 57.8 Å². The number of imide groups is 1. The van der Waals surface area contributed by atoms with E-state index < -0.39 is 0 Å². The molecule has 3 rings (SSSR count). The number of hydrogen-bond acceptors (Lipinski definition) is 3. The van der Waals surface area contributed by atoms with Crippen LogP contribution in [0.5, 0.6) is 0 Å². The van der Waals surface area contributed by atoms with Gasteiger partial charge in [-0.15, -0.1) is 0 Å².